The fourth-order valence-corrected chi connectivity index (χ4v) is 2.33. The zero-order valence-electron chi connectivity index (χ0n) is 12.6. The fourth-order valence-electron chi connectivity index (χ4n) is 2.12. The Labute approximate surface area is 131 Å². The molecule has 1 N–H and O–H groups in total. The summed E-state index contributed by atoms with van der Waals surface area (Å²) in [7, 11) is 4.32. The van der Waals surface area contributed by atoms with Crippen LogP contribution in [0.2, 0.25) is 5.02 Å². The van der Waals surface area contributed by atoms with Gasteiger partial charge in [0.15, 0.2) is 11.5 Å². The van der Waals surface area contributed by atoms with Gasteiger partial charge in [-0.2, -0.15) is 0 Å². The van der Waals surface area contributed by atoms with E-state index in [1.165, 1.54) is 5.56 Å². The van der Waals surface area contributed by atoms with Gasteiger partial charge in [0.1, 0.15) is 0 Å². The molecule has 114 valence electrons. The van der Waals surface area contributed by atoms with Crippen LogP contribution in [0, 0.1) is 0 Å². The van der Waals surface area contributed by atoms with Gasteiger partial charge in [0.25, 0.3) is 0 Å². The number of hydrogen-bond acceptors (Lipinski definition) is 3. The van der Waals surface area contributed by atoms with Crippen LogP contribution in [-0.2, 0) is 12.8 Å². The highest BCUT2D eigenvalue weighted by Crippen LogP contribution is 2.31. The van der Waals surface area contributed by atoms with E-state index >= 15 is 0 Å². The topological polar surface area (TPSA) is 38.7 Å². The van der Waals surface area contributed by atoms with Crippen LogP contribution in [0.5, 0.6) is 11.5 Å². The lowest BCUT2D eigenvalue weighted by atomic mass is 10.0. The predicted molar refractivity (Wildman–Crippen MR) is 86.5 cm³/mol. The maximum atomic E-state index is 7.00. The van der Waals surface area contributed by atoms with Gasteiger partial charge >= 0.3 is 0 Å². The number of benzene rings is 2. The predicted octanol–water partition coefficient (Wildman–Crippen LogP) is 3.75. The maximum absolute atomic E-state index is 7.00. The summed E-state index contributed by atoms with van der Waals surface area (Å²) in [4.78, 5) is 0. The van der Waals surface area contributed by atoms with E-state index in [-0.39, 0.29) is 0 Å². The van der Waals surface area contributed by atoms with E-state index in [1.807, 2.05) is 30.3 Å². The van der Waals surface area contributed by atoms with E-state index in [1.54, 1.807) is 14.2 Å². The molecule has 21 heavy (non-hydrogen) atoms. The Morgan fingerprint density at radius 1 is 0.952 bits per heavy atom. The van der Waals surface area contributed by atoms with Crippen molar-refractivity contribution in [2.45, 2.75) is 12.8 Å². The van der Waals surface area contributed by atoms with Gasteiger partial charge in [-0.1, -0.05) is 35.9 Å². The number of para-hydroxylation sites is 1. The molecule has 2 aromatic carbocycles. The molecule has 3 nitrogen and oxygen atoms in total. The minimum Gasteiger partial charge on any atom is -0.493 e. The van der Waals surface area contributed by atoms with E-state index < -0.39 is 0 Å². The lowest BCUT2D eigenvalue weighted by Gasteiger charge is -2.12. The minimum absolute atomic E-state index is 0.770. The zero-order chi connectivity index (χ0) is 15.7. The summed E-state index contributed by atoms with van der Waals surface area (Å²) in [5, 5.41) is 7.77. The van der Waals surface area contributed by atoms with Crippen molar-refractivity contribution in [3.8, 4) is 11.5 Å². The fraction of sp³-hybridized carbons (Fsp3) is 0.294. The van der Waals surface area contributed by atoms with E-state index in [0.717, 1.165) is 42.0 Å². The molecule has 0 saturated heterocycles. The van der Waals surface area contributed by atoms with E-state index in [4.69, 9.17) is 26.2 Å². The first kappa shape index (κ1) is 17.3. The van der Waals surface area contributed by atoms with Gasteiger partial charge < -0.3 is 14.6 Å². The smallest absolute Gasteiger partial charge is 0.163 e. The van der Waals surface area contributed by atoms with Crippen LogP contribution in [-0.4, -0.2) is 26.4 Å². The zero-order valence-corrected chi connectivity index (χ0v) is 13.4. The van der Waals surface area contributed by atoms with Crippen molar-refractivity contribution in [1.82, 2.24) is 0 Å². The summed E-state index contributed by atoms with van der Waals surface area (Å²) in [6.07, 6.45) is 1.81. The molecule has 0 aromatic heterocycles. The number of ether oxygens (including phenoxy) is 2. The molecule has 0 fully saturated rings. The van der Waals surface area contributed by atoms with Crippen LogP contribution in [0.4, 0.5) is 0 Å². The van der Waals surface area contributed by atoms with Gasteiger partial charge in [-0.15, -0.1) is 0 Å². The number of aliphatic hydroxyl groups is 1. The first-order chi connectivity index (χ1) is 10.2. The van der Waals surface area contributed by atoms with Crippen LogP contribution < -0.4 is 9.47 Å². The molecule has 0 aliphatic rings. The van der Waals surface area contributed by atoms with Crippen molar-refractivity contribution < 1.29 is 14.6 Å². The Kier molecular flexibility index (Phi) is 7.65. The minimum atomic E-state index is 0.770. The van der Waals surface area contributed by atoms with Crippen molar-refractivity contribution >= 4 is 11.6 Å². The average Bonchev–Trinajstić information content (AvgIpc) is 2.54. The number of methoxy groups -OCH3 is 2. The van der Waals surface area contributed by atoms with E-state index in [2.05, 4.69) is 12.1 Å². The molecular weight excluding hydrogens is 288 g/mol. The third kappa shape index (κ3) is 4.96. The Hall–Kier alpha value is -1.71. The molecule has 0 unspecified atom stereocenters. The Morgan fingerprint density at radius 2 is 1.67 bits per heavy atom. The van der Waals surface area contributed by atoms with E-state index in [0.29, 0.717) is 0 Å². The first-order valence-corrected chi connectivity index (χ1v) is 7.01. The lowest BCUT2D eigenvalue weighted by Crippen LogP contribution is -1.98. The van der Waals surface area contributed by atoms with Crippen LogP contribution >= 0.6 is 11.6 Å². The third-order valence-corrected chi connectivity index (χ3v) is 3.29. The number of aryl methyl sites for hydroxylation is 2. The van der Waals surface area contributed by atoms with Gasteiger partial charge in [-0.3, -0.25) is 0 Å². The van der Waals surface area contributed by atoms with Gasteiger partial charge in [0.2, 0.25) is 0 Å². The van der Waals surface area contributed by atoms with Crippen molar-refractivity contribution in [2.75, 3.05) is 21.3 Å². The SMILES string of the molecule is CO.COc1cccc(CCc2cccc(Cl)c2)c1OC. The molecule has 2 aromatic rings. The summed E-state index contributed by atoms with van der Waals surface area (Å²) in [5.41, 5.74) is 2.36. The molecule has 4 heteroatoms. The Morgan fingerprint density at radius 3 is 2.29 bits per heavy atom. The molecular formula is C17H21ClO3. The second-order valence-corrected chi connectivity index (χ2v) is 4.72. The van der Waals surface area contributed by atoms with Gasteiger partial charge in [-0.25, -0.2) is 0 Å². The third-order valence-electron chi connectivity index (χ3n) is 3.06. The van der Waals surface area contributed by atoms with Gasteiger partial charge in [-0.05, 0) is 42.2 Å². The van der Waals surface area contributed by atoms with Crippen LogP contribution in [0.15, 0.2) is 42.5 Å². The molecule has 0 amide bonds. The maximum Gasteiger partial charge on any atom is 0.163 e. The highest BCUT2D eigenvalue weighted by atomic mass is 35.5. The number of rotatable bonds is 5. The van der Waals surface area contributed by atoms with Crippen molar-refractivity contribution in [3.05, 3.63) is 58.6 Å². The normalized spacial score (nSPS) is 9.57. The second-order valence-electron chi connectivity index (χ2n) is 4.28. The monoisotopic (exact) mass is 308 g/mol. The lowest BCUT2D eigenvalue weighted by molar-refractivity contribution is 0.351. The number of hydrogen-bond donors (Lipinski definition) is 1. The summed E-state index contributed by atoms with van der Waals surface area (Å²) in [6.45, 7) is 0. The van der Waals surface area contributed by atoms with Crippen molar-refractivity contribution in [2.24, 2.45) is 0 Å². The summed E-state index contributed by atoms with van der Waals surface area (Å²) in [5.74, 6) is 1.58. The summed E-state index contributed by atoms with van der Waals surface area (Å²) < 4.78 is 10.7. The van der Waals surface area contributed by atoms with E-state index in [9.17, 15) is 0 Å². The molecule has 0 bridgehead atoms. The largest absolute Gasteiger partial charge is 0.493 e. The highest BCUT2D eigenvalue weighted by molar-refractivity contribution is 6.30. The van der Waals surface area contributed by atoms with Gasteiger partial charge in [0, 0.05) is 12.1 Å². The molecule has 2 rings (SSSR count). The summed E-state index contributed by atoms with van der Waals surface area (Å²) >= 11 is 5.99. The van der Waals surface area contributed by atoms with Crippen LogP contribution in [0.1, 0.15) is 11.1 Å². The molecule has 0 spiro atoms. The molecule has 0 atom stereocenters. The average molecular weight is 309 g/mol. The van der Waals surface area contributed by atoms with Crippen molar-refractivity contribution in [1.29, 1.82) is 0 Å². The second kappa shape index (κ2) is 9.27. The first-order valence-electron chi connectivity index (χ1n) is 6.63. The van der Waals surface area contributed by atoms with Crippen molar-refractivity contribution in [3.63, 3.8) is 0 Å². The van der Waals surface area contributed by atoms with Gasteiger partial charge in [0.05, 0.1) is 14.2 Å². The summed E-state index contributed by atoms with van der Waals surface area (Å²) in [6, 6.07) is 13.9. The highest BCUT2D eigenvalue weighted by Gasteiger charge is 2.09. The molecule has 0 aliphatic heterocycles. The molecule has 0 saturated carbocycles. The molecule has 0 radical (unpaired) electrons. The molecule has 0 heterocycles. The Balaban J connectivity index is 0.00000106. The number of aliphatic hydroxyl groups excluding tert-OH is 1. The quantitative estimate of drug-likeness (QED) is 0.914. The Bertz CT molecular complexity index is 555. The molecule has 0 aliphatic carbocycles. The van der Waals surface area contributed by atoms with Crippen LogP contribution in [0.25, 0.3) is 0 Å². The number of halogens is 1. The standard InChI is InChI=1S/C16H17ClO2.CH4O/c1-18-15-8-4-6-13(16(15)19-2)10-9-12-5-3-7-14(17)11-12;1-2/h3-8,11H,9-10H2,1-2H3;2H,1H3. The van der Waals surface area contributed by atoms with Crippen LogP contribution in [0.3, 0.4) is 0 Å².